The van der Waals surface area contributed by atoms with Gasteiger partial charge in [-0.05, 0) is 49.6 Å². The van der Waals surface area contributed by atoms with Crippen molar-refractivity contribution in [2.24, 2.45) is 5.73 Å². The topological polar surface area (TPSA) is 69.4 Å². The maximum Gasteiger partial charge on any atom is 0.175 e. The van der Waals surface area contributed by atoms with Gasteiger partial charge in [-0.15, -0.1) is 0 Å². The van der Waals surface area contributed by atoms with Crippen LogP contribution in [0.5, 0.6) is 5.75 Å². The summed E-state index contributed by atoms with van der Waals surface area (Å²) >= 11 is 0. The first-order chi connectivity index (χ1) is 7.90. The molecule has 0 aliphatic carbocycles. The minimum Gasteiger partial charge on any atom is -0.496 e. The first-order valence-corrected chi connectivity index (χ1v) is 7.37. The minimum atomic E-state index is -3.21. The maximum absolute atomic E-state index is 11.7. The Morgan fingerprint density at radius 3 is 2.47 bits per heavy atom. The molecular weight excluding hydrogens is 238 g/mol. The zero-order valence-corrected chi connectivity index (χ0v) is 11.3. The van der Waals surface area contributed by atoms with E-state index in [1.807, 2.05) is 6.92 Å². The highest BCUT2D eigenvalue weighted by atomic mass is 32.2. The molecule has 0 aliphatic heterocycles. The van der Waals surface area contributed by atoms with Crippen LogP contribution in [0.25, 0.3) is 0 Å². The fourth-order valence-electron chi connectivity index (χ4n) is 1.76. The molecule has 0 spiro atoms. The molecule has 5 heteroatoms. The molecule has 1 aromatic rings. The average molecular weight is 257 g/mol. The summed E-state index contributed by atoms with van der Waals surface area (Å²) in [6.45, 7) is 2.37. The molecule has 0 amide bonds. The van der Waals surface area contributed by atoms with Gasteiger partial charge in [0.25, 0.3) is 0 Å². The van der Waals surface area contributed by atoms with Crippen molar-refractivity contribution in [3.05, 3.63) is 23.3 Å². The standard InChI is InChI=1S/C12H19NO3S/c1-9-7-12(17(3,14)15)10(5-4-6-13)8-11(9)16-2/h7-8H,4-6,13H2,1-3H3. The van der Waals surface area contributed by atoms with Gasteiger partial charge < -0.3 is 10.5 Å². The summed E-state index contributed by atoms with van der Waals surface area (Å²) in [7, 11) is -1.63. The number of methoxy groups -OCH3 is 1. The number of nitrogens with two attached hydrogens (primary N) is 1. The van der Waals surface area contributed by atoms with E-state index in [9.17, 15) is 8.42 Å². The van der Waals surface area contributed by atoms with Gasteiger partial charge in [0, 0.05) is 6.26 Å². The summed E-state index contributed by atoms with van der Waals surface area (Å²) < 4.78 is 28.6. The third-order valence-electron chi connectivity index (χ3n) is 2.63. The molecule has 1 rings (SSSR count). The summed E-state index contributed by atoms with van der Waals surface area (Å²) in [5, 5.41) is 0. The van der Waals surface area contributed by atoms with Crippen LogP contribution in [0.1, 0.15) is 17.5 Å². The van der Waals surface area contributed by atoms with Crippen LogP contribution in [0.3, 0.4) is 0 Å². The normalized spacial score (nSPS) is 11.5. The molecule has 0 heterocycles. The van der Waals surface area contributed by atoms with E-state index in [1.165, 1.54) is 6.26 Å². The molecule has 0 aromatic heterocycles. The molecule has 0 saturated carbocycles. The second kappa shape index (κ2) is 5.51. The Kier molecular flexibility index (Phi) is 4.54. The Hall–Kier alpha value is -1.07. The number of rotatable bonds is 5. The molecule has 0 aliphatic rings. The zero-order valence-electron chi connectivity index (χ0n) is 10.5. The summed E-state index contributed by atoms with van der Waals surface area (Å²) in [4.78, 5) is 0.379. The SMILES string of the molecule is COc1cc(CCCN)c(S(C)(=O)=O)cc1C. The summed E-state index contributed by atoms with van der Waals surface area (Å²) in [5.74, 6) is 0.712. The number of hydrogen-bond acceptors (Lipinski definition) is 4. The van der Waals surface area contributed by atoms with Crippen molar-refractivity contribution >= 4 is 9.84 Å². The van der Waals surface area contributed by atoms with Crippen molar-refractivity contribution in [2.45, 2.75) is 24.7 Å². The van der Waals surface area contributed by atoms with Gasteiger partial charge in [-0.2, -0.15) is 0 Å². The van der Waals surface area contributed by atoms with E-state index in [0.29, 0.717) is 23.6 Å². The summed E-state index contributed by atoms with van der Waals surface area (Å²) in [6.07, 6.45) is 2.63. The van der Waals surface area contributed by atoms with Gasteiger partial charge in [-0.25, -0.2) is 8.42 Å². The van der Waals surface area contributed by atoms with E-state index in [0.717, 1.165) is 17.5 Å². The van der Waals surface area contributed by atoms with Crippen molar-refractivity contribution in [3.63, 3.8) is 0 Å². The predicted molar refractivity (Wildman–Crippen MR) is 68.2 cm³/mol. The minimum absolute atomic E-state index is 0.379. The molecule has 0 atom stereocenters. The lowest BCUT2D eigenvalue weighted by molar-refractivity contribution is 0.410. The zero-order chi connectivity index (χ0) is 13.1. The molecule has 2 N–H and O–H groups in total. The third-order valence-corrected chi connectivity index (χ3v) is 3.81. The Labute approximate surface area is 103 Å². The molecule has 0 radical (unpaired) electrons. The van der Waals surface area contributed by atoms with Gasteiger partial charge in [-0.1, -0.05) is 0 Å². The van der Waals surface area contributed by atoms with Gasteiger partial charge >= 0.3 is 0 Å². The molecule has 4 nitrogen and oxygen atoms in total. The number of ether oxygens (including phenoxy) is 1. The highest BCUT2D eigenvalue weighted by Gasteiger charge is 2.15. The van der Waals surface area contributed by atoms with Crippen LogP contribution in [-0.2, 0) is 16.3 Å². The maximum atomic E-state index is 11.7. The van der Waals surface area contributed by atoms with Gasteiger partial charge in [0.05, 0.1) is 12.0 Å². The van der Waals surface area contributed by atoms with Crippen LogP contribution in [0.15, 0.2) is 17.0 Å². The van der Waals surface area contributed by atoms with Gasteiger partial charge in [0.15, 0.2) is 9.84 Å². The lowest BCUT2D eigenvalue weighted by atomic mass is 10.1. The van der Waals surface area contributed by atoms with Crippen molar-refractivity contribution < 1.29 is 13.2 Å². The van der Waals surface area contributed by atoms with E-state index in [4.69, 9.17) is 10.5 Å². The quantitative estimate of drug-likeness (QED) is 0.863. The van der Waals surface area contributed by atoms with Gasteiger partial charge in [-0.3, -0.25) is 0 Å². The van der Waals surface area contributed by atoms with E-state index < -0.39 is 9.84 Å². The van der Waals surface area contributed by atoms with Crippen molar-refractivity contribution in [1.29, 1.82) is 0 Å². The van der Waals surface area contributed by atoms with Gasteiger partial charge in [0.1, 0.15) is 5.75 Å². The number of sulfone groups is 1. The smallest absolute Gasteiger partial charge is 0.175 e. The molecule has 96 valence electrons. The van der Waals surface area contributed by atoms with Crippen LogP contribution in [0.2, 0.25) is 0 Å². The number of aryl methyl sites for hydroxylation is 2. The van der Waals surface area contributed by atoms with E-state index >= 15 is 0 Å². The highest BCUT2D eigenvalue weighted by Crippen LogP contribution is 2.27. The van der Waals surface area contributed by atoms with Crippen LogP contribution >= 0.6 is 0 Å². The van der Waals surface area contributed by atoms with E-state index in [-0.39, 0.29) is 0 Å². The van der Waals surface area contributed by atoms with Crippen LogP contribution < -0.4 is 10.5 Å². The van der Waals surface area contributed by atoms with Crippen molar-refractivity contribution in [3.8, 4) is 5.75 Å². The Balaban J connectivity index is 3.31. The first kappa shape index (κ1) is 14.0. The average Bonchev–Trinajstić information content (AvgIpc) is 2.25. The Morgan fingerprint density at radius 2 is 2.00 bits per heavy atom. The second-order valence-electron chi connectivity index (χ2n) is 4.09. The summed E-state index contributed by atoms with van der Waals surface area (Å²) in [6, 6.07) is 3.46. The van der Waals surface area contributed by atoms with Crippen molar-refractivity contribution in [2.75, 3.05) is 19.9 Å². The van der Waals surface area contributed by atoms with E-state index in [1.54, 1.807) is 19.2 Å². The van der Waals surface area contributed by atoms with Crippen LogP contribution in [-0.4, -0.2) is 28.3 Å². The Bertz CT molecular complexity index is 495. The monoisotopic (exact) mass is 257 g/mol. The molecule has 0 saturated heterocycles. The third kappa shape index (κ3) is 3.44. The Morgan fingerprint density at radius 1 is 1.35 bits per heavy atom. The second-order valence-corrected chi connectivity index (χ2v) is 6.08. The van der Waals surface area contributed by atoms with E-state index in [2.05, 4.69) is 0 Å². The molecule has 0 bridgehead atoms. The molecule has 1 aromatic carbocycles. The molecule has 0 unspecified atom stereocenters. The fourth-order valence-corrected chi connectivity index (χ4v) is 2.78. The number of hydrogen-bond donors (Lipinski definition) is 1. The van der Waals surface area contributed by atoms with Gasteiger partial charge in [0.2, 0.25) is 0 Å². The fraction of sp³-hybridized carbons (Fsp3) is 0.500. The first-order valence-electron chi connectivity index (χ1n) is 5.47. The highest BCUT2D eigenvalue weighted by molar-refractivity contribution is 7.90. The van der Waals surface area contributed by atoms with Crippen molar-refractivity contribution in [1.82, 2.24) is 0 Å². The largest absolute Gasteiger partial charge is 0.496 e. The molecular formula is C12H19NO3S. The molecule has 17 heavy (non-hydrogen) atoms. The molecule has 0 fully saturated rings. The predicted octanol–water partition coefficient (Wildman–Crippen LogP) is 1.30. The number of benzene rings is 1. The van der Waals surface area contributed by atoms with Crippen LogP contribution in [0, 0.1) is 6.92 Å². The van der Waals surface area contributed by atoms with Crippen LogP contribution in [0.4, 0.5) is 0 Å². The lowest BCUT2D eigenvalue weighted by Crippen LogP contribution is -2.07. The summed E-state index contributed by atoms with van der Waals surface area (Å²) in [5.41, 5.74) is 7.06. The lowest BCUT2D eigenvalue weighted by Gasteiger charge is -2.12.